The largest absolute Gasteiger partial charge is 0.504 e. The molecule has 0 atom stereocenters. The number of phenols is 1. The monoisotopic (exact) mass is 411 g/mol. The third kappa shape index (κ3) is 4.92. The molecule has 1 aromatic heterocycles. The standard InChI is InChI=1S/C23H25NO6/c1-5-28-21(26)18-13-29-20-17(18)10-16(11-19(20)25)15-8-6-7-14(9-15)12-24-22(27)30-23(2,3)4/h6-11,13,25H,5,12H2,1-4H3,(H,24,27). The summed E-state index contributed by atoms with van der Waals surface area (Å²) < 4.78 is 15.7. The molecule has 0 saturated heterocycles. The summed E-state index contributed by atoms with van der Waals surface area (Å²) in [6.45, 7) is 7.66. The van der Waals surface area contributed by atoms with E-state index in [0.29, 0.717) is 10.9 Å². The number of aromatic hydroxyl groups is 1. The molecule has 1 heterocycles. The SMILES string of the molecule is CCOC(=O)c1coc2c(O)cc(-c3cccc(CNC(=O)OC(C)(C)C)c3)cc12. The molecule has 0 bridgehead atoms. The zero-order valence-corrected chi connectivity index (χ0v) is 17.4. The van der Waals surface area contributed by atoms with Crippen molar-refractivity contribution in [3.63, 3.8) is 0 Å². The molecule has 0 unspecified atom stereocenters. The zero-order chi connectivity index (χ0) is 21.9. The Morgan fingerprint density at radius 1 is 1.13 bits per heavy atom. The third-order valence-corrected chi connectivity index (χ3v) is 4.25. The van der Waals surface area contributed by atoms with E-state index < -0.39 is 17.7 Å². The number of phenolic OH excluding ortho intramolecular Hbond substituents is 1. The van der Waals surface area contributed by atoms with Crippen molar-refractivity contribution >= 4 is 23.0 Å². The van der Waals surface area contributed by atoms with Crippen LogP contribution in [0.4, 0.5) is 4.79 Å². The summed E-state index contributed by atoms with van der Waals surface area (Å²) in [5, 5.41) is 13.6. The molecule has 3 aromatic rings. The number of benzene rings is 2. The van der Waals surface area contributed by atoms with Crippen LogP contribution >= 0.6 is 0 Å². The molecule has 2 N–H and O–H groups in total. The van der Waals surface area contributed by atoms with Crippen molar-refractivity contribution < 1.29 is 28.6 Å². The maximum atomic E-state index is 12.2. The second-order valence-electron chi connectivity index (χ2n) is 7.80. The van der Waals surface area contributed by atoms with E-state index in [9.17, 15) is 14.7 Å². The summed E-state index contributed by atoms with van der Waals surface area (Å²) in [5.74, 6) is -0.585. The number of amides is 1. The number of hydrogen-bond acceptors (Lipinski definition) is 6. The summed E-state index contributed by atoms with van der Waals surface area (Å²) in [6.07, 6.45) is 0.789. The predicted molar refractivity (Wildman–Crippen MR) is 112 cm³/mol. The van der Waals surface area contributed by atoms with Crippen LogP contribution in [0.3, 0.4) is 0 Å². The Hall–Kier alpha value is -3.48. The van der Waals surface area contributed by atoms with Crippen LogP contribution in [0, 0.1) is 0 Å². The van der Waals surface area contributed by atoms with Crippen LogP contribution in [0.15, 0.2) is 47.1 Å². The summed E-state index contributed by atoms with van der Waals surface area (Å²) in [7, 11) is 0. The van der Waals surface area contributed by atoms with E-state index in [1.165, 1.54) is 6.26 Å². The van der Waals surface area contributed by atoms with Crippen molar-refractivity contribution in [2.24, 2.45) is 0 Å². The molecule has 2 aromatic carbocycles. The van der Waals surface area contributed by atoms with Crippen LogP contribution in [-0.4, -0.2) is 29.4 Å². The number of hydrogen-bond donors (Lipinski definition) is 2. The molecule has 0 spiro atoms. The molecule has 158 valence electrons. The van der Waals surface area contributed by atoms with Crippen LogP contribution in [0.2, 0.25) is 0 Å². The van der Waals surface area contributed by atoms with Gasteiger partial charge in [0.1, 0.15) is 17.4 Å². The minimum absolute atomic E-state index is 0.0738. The van der Waals surface area contributed by atoms with E-state index in [4.69, 9.17) is 13.9 Å². The molecule has 30 heavy (non-hydrogen) atoms. The smallest absolute Gasteiger partial charge is 0.407 e. The van der Waals surface area contributed by atoms with Gasteiger partial charge in [-0.1, -0.05) is 18.2 Å². The molecular formula is C23H25NO6. The number of rotatable bonds is 5. The summed E-state index contributed by atoms with van der Waals surface area (Å²) >= 11 is 0. The number of ether oxygens (including phenoxy) is 2. The molecule has 0 fully saturated rings. The summed E-state index contributed by atoms with van der Waals surface area (Å²) in [6, 6.07) is 10.8. The van der Waals surface area contributed by atoms with Gasteiger partial charge in [0, 0.05) is 11.9 Å². The highest BCUT2D eigenvalue weighted by molar-refractivity contribution is 6.05. The van der Waals surface area contributed by atoms with E-state index >= 15 is 0 Å². The van der Waals surface area contributed by atoms with Gasteiger partial charge in [-0.15, -0.1) is 0 Å². The first kappa shape index (κ1) is 21.2. The van der Waals surface area contributed by atoms with Crippen molar-refractivity contribution in [1.82, 2.24) is 5.32 Å². The summed E-state index contributed by atoms with van der Waals surface area (Å²) in [5.41, 5.74) is 2.28. The first-order chi connectivity index (χ1) is 14.2. The fraction of sp³-hybridized carbons (Fsp3) is 0.304. The van der Waals surface area contributed by atoms with E-state index in [1.54, 1.807) is 39.8 Å². The second kappa shape index (κ2) is 8.49. The molecule has 1 amide bonds. The van der Waals surface area contributed by atoms with Crippen LogP contribution < -0.4 is 5.32 Å². The number of furan rings is 1. The molecular weight excluding hydrogens is 386 g/mol. The zero-order valence-electron chi connectivity index (χ0n) is 17.4. The van der Waals surface area contributed by atoms with Gasteiger partial charge in [-0.25, -0.2) is 9.59 Å². The number of carbonyl (C=O) groups excluding carboxylic acids is 2. The van der Waals surface area contributed by atoms with E-state index in [2.05, 4.69) is 5.32 Å². The lowest BCUT2D eigenvalue weighted by atomic mass is 10.00. The Morgan fingerprint density at radius 3 is 2.60 bits per heavy atom. The van der Waals surface area contributed by atoms with Gasteiger partial charge in [-0.05, 0) is 62.6 Å². The van der Waals surface area contributed by atoms with E-state index in [0.717, 1.165) is 11.1 Å². The molecule has 7 heteroatoms. The normalized spacial score (nSPS) is 11.3. The van der Waals surface area contributed by atoms with Crippen molar-refractivity contribution in [2.45, 2.75) is 39.8 Å². The van der Waals surface area contributed by atoms with Crippen molar-refractivity contribution in [1.29, 1.82) is 0 Å². The molecule has 0 aliphatic rings. The Bertz CT molecular complexity index is 1080. The van der Waals surface area contributed by atoms with Gasteiger partial charge in [0.15, 0.2) is 11.3 Å². The van der Waals surface area contributed by atoms with Crippen LogP contribution in [0.25, 0.3) is 22.1 Å². The first-order valence-electron chi connectivity index (χ1n) is 9.65. The van der Waals surface area contributed by atoms with E-state index in [-0.39, 0.29) is 30.0 Å². The maximum Gasteiger partial charge on any atom is 0.407 e. The van der Waals surface area contributed by atoms with Crippen LogP contribution in [0.5, 0.6) is 5.75 Å². The lowest BCUT2D eigenvalue weighted by molar-refractivity contribution is 0.0515. The molecule has 3 rings (SSSR count). The third-order valence-electron chi connectivity index (χ3n) is 4.25. The fourth-order valence-corrected chi connectivity index (χ4v) is 3.00. The average molecular weight is 411 g/mol. The molecule has 0 saturated carbocycles. The Morgan fingerprint density at radius 2 is 1.90 bits per heavy atom. The molecule has 7 nitrogen and oxygen atoms in total. The highest BCUT2D eigenvalue weighted by atomic mass is 16.6. The highest BCUT2D eigenvalue weighted by Crippen LogP contribution is 2.35. The van der Waals surface area contributed by atoms with Crippen molar-refractivity contribution in [3.05, 3.63) is 53.8 Å². The summed E-state index contributed by atoms with van der Waals surface area (Å²) in [4.78, 5) is 24.0. The topological polar surface area (TPSA) is 98.0 Å². The average Bonchev–Trinajstić information content (AvgIpc) is 3.10. The number of esters is 1. The predicted octanol–water partition coefficient (Wildman–Crippen LogP) is 5.01. The number of alkyl carbamates (subject to hydrolysis) is 1. The van der Waals surface area contributed by atoms with Gasteiger partial charge < -0.3 is 24.3 Å². The fourth-order valence-electron chi connectivity index (χ4n) is 3.00. The van der Waals surface area contributed by atoms with Crippen LogP contribution in [-0.2, 0) is 16.0 Å². The van der Waals surface area contributed by atoms with Gasteiger partial charge in [0.05, 0.1) is 6.61 Å². The first-order valence-corrected chi connectivity index (χ1v) is 9.65. The molecule has 0 aliphatic heterocycles. The minimum atomic E-state index is -0.569. The van der Waals surface area contributed by atoms with Gasteiger partial charge in [-0.3, -0.25) is 0 Å². The lowest BCUT2D eigenvalue weighted by Gasteiger charge is -2.19. The van der Waals surface area contributed by atoms with Crippen LogP contribution in [0.1, 0.15) is 43.6 Å². The Labute approximate surface area is 174 Å². The quantitative estimate of drug-likeness (QED) is 0.573. The van der Waals surface area contributed by atoms with Gasteiger partial charge in [-0.2, -0.15) is 0 Å². The maximum absolute atomic E-state index is 12.2. The molecule has 0 radical (unpaired) electrons. The number of carbonyl (C=O) groups is 2. The Kier molecular flexibility index (Phi) is 6.01. The second-order valence-corrected chi connectivity index (χ2v) is 7.80. The van der Waals surface area contributed by atoms with Gasteiger partial charge >= 0.3 is 12.1 Å². The van der Waals surface area contributed by atoms with Crippen molar-refractivity contribution in [3.8, 4) is 16.9 Å². The number of fused-ring (bicyclic) bond motifs is 1. The van der Waals surface area contributed by atoms with Gasteiger partial charge in [0.25, 0.3) is 0 Å². The van der Waals surface area contributed by atoms with E-state index in [1.807, 2.05) is 24.3 Å². The highest BCUT2D eigenvalue weighted by Gasteiger charge is 2.19. The van der Waals surface area contributed by atoms with Crippen molar-refractivity contribution in [2.75, 3.05) is 6.61 Å². The Balaban J connectivity index is 1.87. The van der Waals surface area contributed by atoms with Gasteiger partial charge in [0.2, 0.25) is 0 Å². The molecule has 0 aliphatic carbocycles. The number of nitrogens with one attached hydrogen (secondary N) is 1. The lowest BCUT2D eigenvalue weighted by Crippen LogP contribution is -2.32. The minimum Gasteiger partial charge on any atom is -0.504 e.